The van der Waals surface area contributed by atoms with E-state index in [-0.39, 0.29) is 12.0 Å². The first-order valence-corrected chi connectivity index (χ1v) is 9.03. The van der Waals surface area contributed by atoms with Crippen LogP contribution in [0.25, 0.3) is 0 Å². The van der Waals surface area contributed by atoms with Crippen molar-refractivity contribution in [3.8, 4) is 0 Å². The van der Waals surface area contributed by atoms with Crippen molar-refractivity contribution in [1.29, 1.82) is 0 Å². The third kappa shape index (κ3) is 4.45. The van der Waals surface area contributed by atoms with Crippen molar-refractivity contribution in [3.05, 3.63) is 47.3 Å². The molecule has 25 heavy (non-hydrogen) atoms. The Morgan fingerprint density at radius 3 is 3.00 bits per heavy atom. The summed E-state index contributed by atoms with van der Waals surface area (Å²) in [7, 11) is 0. The number of nitrogens with zero attached hydrogens (tertiary/aromatic N) is 4. The maximum Gasteiger partial charge on any atom is 0.276 e. The van der Waals surface area contributed by atoms with E-state index in [1.807, 2.05) is 17.0 Å². The van der Waals surface area contributed by atoms with Crippen molar-refractivity contribution in [2.24, 2.45) is 0 Å². The number of piperidine rings is 1. The molecule has 1 unspecified atom stereocenters. The average molecular weight is 342 g/mol. The molecular weight excluding hydrogens is 316 g/mol. The molecule has 3 rings (SSSR count). The van der Waals surface area contributed by atoms with Crippen LogP contribution in [0.1, 0.15) is 47.8 Å². The number of rotatable bonds is 6. The first kappa shape index (κ1) is 17.6. The van der Waals surface area contributed by atoms with E-state index in [9.17, 15) is 4.79 Å². The minimum Gasteiger partial charge on any atom is -0.376 e. The lowest BCUT2D eigenvalue weighted by molar-refractivity contribution is 0.00192. The van der Waals surface area contributed by atoms with Crippen LogP contribution in [-0.2, 0) is 11.3 Å². The highest BCUT2D eigenvalue weighted by atomic mass is 16.5. The lowest BCUT2D eigenvalue weighted by Crippen LogP contribution is -2.43. The lowest BCUT2D eigenvalue weighted by Gasteiger charge is -2.32. The van der Waals surface area contributed by atoms with Crippen LogP contribution in [-0.4, -0.2) is 51.6 Å². The van der Waals surface area contributed by atoms with Gasteiger partial charge in [-0.05, 0) is 37.3 Å². The molecule has 0 aliphatic carbocycles. The highest BCUT2D eigenvalue weighted by Gasteiger charge is 2.26. The molecule has 6 nitrogen and oxygen atoms in total. The fourth-order valence-corrected chi connectivity index (χ4v) is 3.14. The average Bonchev–Trinajstić information content (AvgIpc) is 3.10. The van der Waals surface area contributed by atoms with Gasteiger partial charge in [-0.15, -0.1) is 5.10 Å². The van der Waals surface area contributed by atoms with Gasteiger partial charge in [-0.25, -0.2) is 4.68 Å². The number of likely N-dealkylation sites (tertiary alicyclic amines) is 1. The van der Waals surface area contributed by atoms with Gasteiger partial charge in [0.2, 0.25) is 0 Å². The van der Waals surface area contributed by atoms with Crippen molar-refractivity contribution in [3.63, 3.8) is 0 Å². The lowest BCUT2D eigenvalue weighted by atomic mass is 10.1. The smallest absolute Gasteiger partial charge is 0.276 e. The minimum atomic E-state index is -0.0548. The number of carbonyl (C=O) groups excluding carboxylic acids is 1. The number of aryl methyl sites for hydroxylation is 1. The van der Waals surface area contributed by atoms with Gasteiger partial charge < -0.3 is 9.64 Å². The topological polar surface area (TPSA) is 60.2 Å². The second-order valence-electron chi connectivity index (χ2n) is 6.61. The summed E-state index contributed by atoms with van der Waals surface area (Å²) < 4.78 is 7.54. The molecule has 1 saturated heterocycles. The molecule has 2 heterocycles. The van der Waals surface area contributed by atoms with Crippen LogP contribution in [0.15, 0.2) is 30.5 Å². The number of benzene rings is 1. The standard InChI is InChI=1S/C19H26N4O2/c1-3-11-25-17-9-6-10-22(13-17)19(24)18-14-23(21-20-18)12-16-8-5-4-7-15(16)2/h4-5,7-8,14,17H,3,6,9-13H2,1-2H3. The van der Waals surface area contributed by atoms with Crippen LogP contribution in [0.3, 0.4) is 0 Å². The van der Waals surface area contributed by atoms with E-state index in [1.165, 1.54) is 11.1 Å². The molecule has 1 aliphatic rings. The third-order valence-corrected chi connectivity index (χ3v) is 4.57. The van der Waals surface area contributed by atoms with Gasteiger partial charge in [0, 0.05) is 19.7 Å². The van der Waals surface area contributed by atoms with Crippen molar-refractivity contribution in [2.45, 2.75) is 45.8 Å². The molecule has 0 radical (unpaired) electrons. The zero-order valence-corrected chi connectivity index (χ0v) is 15.0. The van der Waals surface area contributed by atoms with E-state index in [2.05, 4.69) is 36.3 Å². The van der Waals surface area contributed by atoms with Crippen molar-refractivity contribution >= 4 is 5.91 Å². The fraction of sp³-hybridized carbons (Fsp3) is 0.526. The predicted octanol–water partition coefficient (Wildman–Crippen LogP) is 2.67. The van der Waals surface area contributed by atoms with Gasteiger partial charge in [-0.3, -0.25) is 4.79 Å². The second kappa shape index (κ2) is 8.25. The van der Waals surface area contributed by atoms with E-state index in [0.29, 0.717) is 18.8 Å². The van der Waals surface area contributed by atoms with Crippen LogP contribution in [0.5, 0.6) is 0 Å². The van der Waals surface area contributed by atoms with Crippen LogP contribution in [0, 0.1) is 6.92 Å². The second-order valence-corrected chi connectivity index (χ2v) is 6.61. The summed E-state index contributed by atoms with van der Waals surface area (Å²) in [5, 5.41) is 8.21. The molecule has 1 amide bonds. The molecular formula is C19H26N4O2. The normalized spacial score (nSPS) is 17.7. The molecule has 0 spiro atoms. The summed E-state index contributed by atoms with van der Waals surface area (Å²) >= 11 is 0. The van der Waals surface area contributed by atoms with Gasteiger partial charge in [0.25, 0.3) is 5.91 Å². The van der Waals surface area contributed by atoms with E-state index in [0.717, 1.165) is 32.4 Å². The van der Waals surface area contributed by atoms with Gasteiger partial charge >= 0.3 is 0 Å². The number of hydrogen-bond donors (Lipinski definition) is 0. The van der Waals surface area contributed by atoms with Gasteiger partial charge in [-0.1, -0.05) is 36.4 Å². The fourth-order valence-electron chi connectivity index (χ4n) is 3.14. The number of aromatic nitrogens is 3. The highest BCUT2D eigenvalue weighted by molar-refractivity contribution is 5.92. The summed E-state index contributed by atoms with van der Waals surface area (Å²) in [4.78, 5) is 14.5. The molecule has 1 atom stereocenters. The Morgan fingerprint density at radius 1 is 1.36 bits per heavy atom. The summed E-state index contributed by atoms with van der Waals surface area (Å²) in [5.41, 5.74) is 2.79. The monoisotopic (exact) mass is 342 g/mol. The third-order valence-electron chi connectivity index (χ3n) is 4.57. The Bertz CT molecular complexity index is 713. The Labute approximate surface area is 148 Å². The number of ether oxygens (including phenoxy) is 1. The van der Waals surface area contributed by atoms with Crippen LogP contribution in [0.2, 0.25) is 0 Å². The minimum absolute atomic E-state index is 0.0548. The molecule has 6 heteroatoms. The van der Waals surface area contributed by atoms with Gasteiger partial charge in [0.05, 0.1) is 18.8 Å². The summed E-state index contributed by atoms with van der Waals surface area (Å²) in [6.07, 6.45) is 4.86. The first-order chi connectivity index (χ1) is 12.2. The van der Waals surface area contributed by atoms with Gasteiger partial charge in [0.1, 0.15) is 0 Å². The maximum atomic E-state index is 12.7. The Morgan fingerprint density at radius 2 is 2.20 bits per heavy atom. The van der Waals surface area contributed by atoms with Crippen LogP contribution < -0.4 is 0 Å². The van der Waals surface area contributed by atoms with E-state index < -0.39 is 0 Å². The molecule has 0 bridgehead atoms. The first-order valence-electron chi connectivity index (χ1n) is 9.03. The van der Waals surface area contributed by atoms with Crippen LogP contribution >= 0.6 is 0 Å². The van der Waals surface area contributed by atoms with E-state index in [1.54, 1.807) is 10.9 Å². The SMILES string of the molecule is CCCOC1CCCN(C(=O)c2cn(Cc3ccccc3C)nn2)C1. The quantitative estimate of drug-likeness (QED) is 0.810. The largest absolute Gasteiger partial charge is 0.376 e. The molecule has 0 saturated carbocycles. The molecule has 1 aliphatic heterocycles. The van der Waals surface area contributed by atoms with Crippen molar-refractivity contribution in [2.75, 3.05) is 19.7 Å². The van der Waals surface area contributed by atoms with E-state index >= 15 is 0 Å². The molecule has 1 aromatic carbocycles. The Kier molecular flexibility index (Phi) is 5.81. The summed E-state index contributed by atoms with van der Waals surface area (Å²) in [6, 6.07) is 8.17. The Hall–Kier alpha value is -2.21. The number of carbonyl (C=O) groups is 1. The summed E-state index contributed by atoms with van der Waals surface area (Å²) in [6.45, 7) is 6.94. The van der Waals surface area contributed by atoms with Gasteiger partial charge in [-0.2, -0.15) is 0 Å². The van der Waals surface area contributed by atoms with Gasteiger partial charge in [0.15, 0.2) is 5.69 Å². The zero-order chi connectivity index (χ0) is 17.6. The molecule has 1 aromatic heterocycles. The molecule has 0 N–H and O–H groups in total. The molecule has 1 fully saturated rings. The van der Waals surface area contributed by atoms with Crippen molar-refractivity contribution < 1.29 is 9.53 Å². The maximum absolute atomic E-state index is 12.7. The Balaban J connectivity index is 1.63. The number of amides is 1. The van der Waals surface area contributed by atoms with E-state index in [4.69, 9.17) is 4.74 Å². The number of hydrogen-bond acceptors (Lipinski definition) is 4. The predicted molar refractivity (Wildman–Crippen MR) is 95.5 cm³/mol. The highest BCUT2D eigenvalue weighted by Crippen LogP contribution is 2.16. The molecule has 2 aromatic rings. The summed E-state index contributed by atoms with van der Waals surface area (Å²) in [5.74, 6) is -0.0548. The van der Waals surface area contributed by atoms with Crippen molar-refractivity contribution in [1.82, 2.24) is 19.9 Å². The molecule has 134 valence electrons. The zero-order valence-electron chi connectivity index (χ0n) is 15.0. The van der Waals surface area contributed by atoms with Crippen LogP contribution in [0.4, 0.5) is 0 Å².